The molecule has 2 aromatic rings. The summed E-state index contributed by atoms with van der Waals surface area (Å²) in [6.45, 7) is 4.72. The van der Waals surface area contributed by atoms with Gasteiger partial charge >= 0.3 is 0 Å². The number of rotatable bonds is 3. The second-order valence-electron chi connectivity index (χ2n) is 5.42. The van der Waals surface area contributed by atoms with Gasteiger partial charge in [0.1, 0.15) is 11.5 Å². The van der Waals surface area contributed by atoms with Gasteiger partial charge in [-0.05, 0) is 42.4 Å². The molecule has 2 nitrogen and oxygen atoms in total. The number of likely N-dealkylation sites (N-methyl/N-ethyl adjacent to an activating group) is 1. The van der Waals surface area contributed by atoms with E-state index < -0.39 is 0 Å². The third-order valence-corrected chi connectivity index (χ3v) is 4.13. The molecule has 0 N–H and O–H groups in total. The first kappa shape index (κ1) is 14.0. The molecular weight excluding hydrogens is 282 g/mol. The Labute approximate surface area is 130 Å². The van der Waals surface area contributed by atoms with E-state index in [1.807, 2.05) is 43.6 Å². The maximum atomic E-state index is 6.19. The Morgan fingerprint density at radius 3 is 2.90 bits per heavy atom. The fraction of sp³-hybridized carbons (Fsp3) is 0.222. The van der Waals surface area contributed by atoms with Gasteiger partial charge in [-0.2, -0.15) is 0 Å². The van der Waals surface area contributed by atoms with Crippen molar-refractivity contribution in [2.75, 3.05) is 13.6 Å². The summed E-state index contributed by atoms with van der Waals surface area (Å²) < 4.78 is 6.10. The summed E-state index contributed by atoms with van der Waals surface area (Å²) in [6, 6.07) is 14.1. The Morgan fingerprint density at radius 1 is 1.29 bits per heavy atom. The van der Waals surface area contributed by atoms with Crippen molar-refractivity contribution in [1.29, 1.82) is 0 Å². The number of para-hydroxylation sites is 1. The molecule has 1 aliphatic heterocycles. The number of ether oxygens (including phenoxy) is 1. The standard InChI is InChI=1S/C18H18ClNO/c1-3-20(2)12-14-10-13-6-4-5-7-17(13)21-18-9-8-15(19)11-16(14)18/h3-9,11,14H,1,10,12H2,2H3/t14-/m0/s1. The summed E-state index contributed by atoms with van der Waals surface area (Å²) in [6.07, 6.45) is 2.78. The van der Waals surface area contributed by atoms with Crippen molar-refractivity contribution in [2.24, 2.45) is 0 Å². The summed E-state index contributed by atoms with van der Waals surface area (Å²) in [4.78, 5) is 2.10. The lowest BCUT2D eigenvalue weighted by Gasteiger charge is -2.22. The van der Waals surface area contributed by atoms with Crippen LogP contribution in [0.3, 0.4) is 0 Å². The zero-order valence-corrected chi connectivity index (χ0v) is 12.8. The van der Waals surface area contributed by atoms with Gasteiger partial charge in [0.05, 0.1) is 0 Å². The van der Waals surface area contributed by atoms with Gasteiger partial charge in [-0.3, -0.25) is 0 Å². The zero-order valence-electron chi connectivity index (χ0n) is 12.1. The molecule has 0 aliphatic carbocycles. The average molecular weight is 300 g/mol. The highest BCUT2D eigenvalue weighted by Gasteiger charge is 2.24. The van der Waals surface area contributed by atoms with Crippen LogP contribution in [0.5, 0.6) is 11.5 Å². The van der Waals surface area contributed by atoms with Crippen molar-refractivity contribution in [3.63, 3.8) is 0 Å². The van der Waals surface area contributed by atoms with Gasteiger partial charge in [0.25, 0.3) is 0 Å². The molecule has 0 spiro atoms. The molecule has 0 aromatic heterocycles. The molecular formula is C18H18ClNO. The molecule has 1 heterocycles. The summed E-state index contributed by atoms with van der Waals surface area (Å²) >= 11 is 6.19. The normalized spacial score (nSPS) is 16.2. The quantitative estimate of drug-likeness (QED) is 0.803. The number of benzene rings is 2. The van der Waals surface area contributed by atoms with Crippen molar-refractivity contribution in [3.05, 3.63) is 71.4 Å². The average Bonchev–Trinajstić information content (AvgIpc) is 2.64. The maximum absolute atomic E-state index is 6.19. The molecule has 3 heteroatoms. The molecule has 3 rings (SSSR count). The summed E-state index contributed by atoms with van der Waals surface area (Å²) in [5, 5.41) is 0.745. The van der Waals surface area contributed by atoms with Gasteiger partial charge in [0.15, 0.2) is 0 Å². The van der Waals surface area contributed by atoms with E-state index in [-0.39, 0.29) is 0 Å². The summed E-state index contributed by atoms with van der Waals surface area (Å²) in [5.74, 6) is 2.15. The predicted molar refractivity (Wildman–Crippen MR) is 87.2 cm³/mol. The van der Waals surface area contributed by atoms with Gasteiger partial charge in [-0.15, -0.1) is 0 Å². The number of halogens is 1. The maximum Gasteiger partial charge on any atom is 0.131 e. The largest absolute Gasteiger partial charge is 0.457 e. The smallest absolute Gasteiger partial charge is 0.131 e. The Hall–Kier alpha value is -1.93. The van der Waals surface area contributed by atoms with Gasteiger partial charge in [-0.1, -0.05) is 36.4 Å². The van der Waals surface area contributed by atoms with E-state index in [0.717, 1.165) is 35.1 Å². The number of nitrogens with zero attached hydrogens (tertiary/aromatic N) is 1. The first-order valence-electron chi connectivity index (χ1n) is 7.05. The molecule has 108 valence electrons. The zero-order chi connectivity index (χ0) is 14.8. The lowest BCUT2D eigenvalue weighted by atomic mass is 9.91. The van der Waals surface area contributed by atoms with Gasteiger partial charge in [-0.25, -0.2) is 0 Å². The molecule has 0 saturated heterocycles. The van der Waals surface area contributed by atoms with E-state index in [2.05, 4.69) is 23.6 Å². The van der Waals surface area contributed by atoms with E-state index in [1.54, 1.807) is 0 Å². The third-order valence-electron chi connectivity index (χ3n) is 3.89. The van der Waals surface area contributed by atoms with Gasteiger partial charge in [0.2, 0.25) is 0 Å². The van der Waals surface area contributed by atoms with Crippen LogP contribution in [0.1, 0.15) is 17.0 Å². The molecule has 2 aromatic carbocycles. The first-order valence-corrected chi connectivity index (χ1v) is 7.43. The lowest BCUT2D eigenvalue weighted by Crippen LogP contribution is -2.20. The fourth-order valence-corrected chi connectivity index (χ4v) is 2.96. The monoisotopic (exact) mass is 299 g/mol. The minimum Gasteiger partial charge on any atom is -0.457 e. The van der Waals surface area contributed by atoms with Crippen molar-refractivity contribution >= 4 is 11.6 Å². The highest BCUT2D eigenvalue weighted by Crippen LogP contribution is 2.40. The van der Waals surface area contributed by atoms with Crippen LogP contribution in [0, 0.1) is 0 Å². The van der Waals surface area contributed by atoms with Crippen LogP contribution >= 0.6 is 11.6 Å². The Balaban J connectivity index is 2.06. The molecule has 1 aliphatic rings. The molecule has 0 radical (unpaired) electrons. The summed E-state index contributed by atoms with van der Waals surface area (Å²) in [7, 11) is 2.04. The van der Waals surface area contributed by atoms with Crippen molar-refractivity contribution in [3.8, 4) is 11.5 Å². The first-order chi connectivity index (χ1) is 10.2. The third kappa shape index (κ3) is 2.91. The fourth-order valence-electron chi connectivity index (χ4n) is 2.78. The molecule has 0 fully saturated rings. The van der Waals surface area contributed by atoms with E-state index in [9.17, 15) is 0 Å². The minimum atomic E-state index is 0.324. The Morgan fingerprint density at radius 2 is 2.10 bits per heavy atom. The van der Waals surface area contributed by atoms with Crippen molar-refractivity contribution in [1.82, 2.24) is 4.90 Å². The number of fused-ring (bicyclic) bond motifs is 2. The topological polar surface area (TPSA) is 12.5 Å². The molecule has 0 saturated carbocycles. The van der Waals surface area contributed by atoms with Crippen LogP contribution in [-0.4, -0.2) is 18.5 Å². The predicted octanol–water partition coefficient (Wildman–Crippen LogP) is 4.85. The van der Waals surface area contributed by atoms with Crippen LogP contribution in [0.4, 0.5) is 0 Å². The van der Waals surface area contributed by atoms with Crippen LogP contribution < -0.4 is 4.74 Å². The molecule has 0 bridgehead atoms. The highest BCUT2D eigenvalue weighted by atomic mass is 35.5. The Bertz CT molecular complexity index is 668. The van der Waals surface area contributed by atoms with E-state index in [1.165, 1.54) is 5.56 Å². The van der Waals surface area contributed by atoms with E-state index >= 15 is 0 Å². The molecule has 0 amide bonds. The number of hydrogen-bond donors (Lipinski definition) is 0. The van der Waals surface area contributed by atoms with Crippen LogP contribution in [-0.2, 0) is 6.42 Å². The SMILES string of the molecule is C=CN(C)C[C@@H]1Cc2ccccc2Oc2ccc(Cl)cc21. The molecule has 21 heavy (non-hydrogen) atoms. The van der Waals surface area contributed by atoms with Crippen molar-refractivity contribution < 1.29 is 4.74 Å². The van der Waals surface area contributed by atoms with Crippen LogP contribution in [0.2, 0.25) is 5.02 Å². The molecule has 1 atom stereocenters. The van der Waals surface area contributed by atoms with Crippen molar-refractivity contribution in [2.45, 2.75) is 12.3 Å². The second-order valence-corrected chi connectivity index (χ2v) is 5.85. The second kappa shape index (κ2) is 5.82. The molecule has 0 unspecified atom stereocenters. The van der Waals surface area contributed by atoms with Crippen LogP contribution in [0.15, 0.2) is 55.2 Å². The van der Waals surface area contributed by atoms with E-state index in [0.29, 0.717) is 5.92 Å². The van der Waals surface area contributed by atoms with Crippen LogP contribution in [0.25, 0.3) is 0 Å². The number of hydrogen-bond acceptors (Lipinski definition) is 2. The minimum absolute atomic E-state index is 0.324. The highest BCUT2D eigenvalue weighted by molar-refractivity contribution is 6.30. The van der Waals surface area contributed by atoms with Gasteiger partial charge < -0.3 is 9.64 Å². The Kier molecular flexibility index (Phi) is 3.89. The lowest BCUT2D eigenvalue weighted by molar-refractivity contribution is 0.409. The van der Waals surface area contributed by atoms with E-state index in [4.69, 9.17) is 16.3 Å². The summed E-state index contributed by atoms with van der Waals surface area (Å²) in [5.41, 5.74) is 2.39. The van der Waals surface area contributed by atoms with Gasteiger partial charge in [0, 0.05) is 30.1 Å².